The molecule has 0 bridgehead atoms. The Morgan fingerprint density at radius 2 is 0.575 bits per heavy atom. The molecule has 472 valence electrons. The molecule has 0 atom stereocenters. The van der Waals surface area contributed by atoms with Gasteiger partial charge in [0, 0.05) is 26.6 Å². The van der Waals surface area contributed by atoms with Gasteiger partial charge in [0.25, 0.3) is 0 Å². The molecule has 0 aromatic heterocycles. The molecule has 0 aromatic carbocycles. The zero-order valence-corrected chi connectivity index (χ0v) is 48.2. The Morgan fingerprint density at radius 1 is 0.350 bits per heavy atom. The van der Waals surface area contributed by atoms with Crippen molar-refractivity contribution < 1.29 is 109 Å². The summed E-state index contributed by atoms with van der Waals surface area (Å²) in [7, 11) is 1.64. The number of nitrogens with one attached hydrogen (secondary N) is 2. The summed E-state index contributed by atoms with van der Waals surface area (Å²) in [5, 5.41) is 5.45. The number of hydrogen-bond donors (Lipinski definition) is 3. The normalized spacial score (nSPS) is 11.4. The van der Waals surface area contributed by atoms with E-state index in [1.54, 1.807) is 7.11 Å². The van der Waals surface area contributed by atoms with Crippen LogP contribution in [0.4, 0.5) is 0 Å². The van der Waals surface area contributed by atoms with Gasteiger partial charge in [0.05, 0.1) is 251 Å². The van der Waals surface area contributed by atoms with Gasteiger partial charge in [-0.15, -0.1) is 6.42 Å². The van der Waals surface area contributed by atoms with Gasteiger partial charge >= 0.3 is 0 Å². The summed E-state index contributed by atoms with van der Waals surface area (Å²) in [6, 6.07) is 0. The van der Waals surface area contributed by atoms with Crippen molar-refractivity contribution in [1.82, 2.24) is 15.5 Å². The lowest BCUT2D eigenvalue weighted by Gasteiger charge is -2.22. The fourth-order valence-corrected chi connectivity index (χ4v) is 5.91. The number of terminal acetylenes is 1. The zero-order chi connectivity index (χ0) is 57.8. The van der Waals surface area contributed by atoms with E-state index in [-0.39, 0.29) is 58.3 Å². The standard InChI is InChI=1S/C53H102N4O23/c1-3-10-62-15-18-66-23-26-70-31-34-74-39-40-75-35-32-71-27-24-67-19-16-63-11-8-55-51(58)49-57(53(60)6-4-5-7-54)50-52(59)56-9-12-64-17-20-68-25-28-72-33-36-76-41-42-78-45-46-80-48-47-79-44-43-77-38-37-73-30-29-69-22-21-65-14-13-61-2/h1H,4-50,54H2,2H3,(H,55,58)(H,56,59). The monoisotopic (exact) mass is 1160 g/mol. The van der Waals surface area contributed by atoms with Crippen LogP contribution in [-0.2, 0) is 109 Å². The molecule has 0 saturated heterocycles. The molecule has 80 heavy (non-hydrogen) atoms. The van der Waals surface area contributed by atoms with Gasteiger partial charge in [-0.05, 0) is 19.4 Å². The fourth-order valence-electron chi connectivity index (χ4n) is 5.91. The molecule has 3 amide bonds. The predicted molar refractivity (Wildman–Crippen MR) is 292 cm³/mol. The number of rotatable bonds is 69. The Labute approximate surface area is 476 Å². The van der Waals surface area contributed by atoms with E-state index in [1.807, 2.05) is 0 Å². The molecule has 0 aliphatic carbocycles. The molecule has 0 saturated carbocycles. The van der Waals surface area contributed by atoms with Gasteiger partial charge in [-0.1, -0.05) is 5.92 Å². The number of nitrogens with zero attached hydrogens (tertiary/aromatic N) is 1. The molecule has 0 aromatic rings. The first kappa shape index (κ1) is 77.1. The summed E-state index contributed by atoms with van der Waals surface area (Å²) < 4.78 is 109. The third-order valence-electron chi connectivity index (χ3n) is 9.94. The predicted octanol–water partition coefficient (Wildman–Crippen LogP) is -1.23. The van der Waals surface area contributed by atoms with Gasteiger partial charge in [-0.25, -0.2) is 0 Å². The van der Waals surface area contributed by atoms with E-state index in [1.165, 1.54) is 4.90 Å². The van der Waals surface area contributed by atoms with Gasteiger partial charge in [0.15, 0.2) is 0 Å². The topological polar surface area (TPSA) is 289 Å². The summed E-state index contributed by atoms with van der Waals surface area (Å²) in [6.45, 7) is 17.6. The molecule has 0 unspecified atom stereocenters. The molecule has 0 radical (unpaired) electrons. The number of ether oxygens (including phenoxy) is 20. The van der Waals surface area contributed by atoms with Crippen LogP contribution in [0, 0.1) is 12.3 Å². The Bertz CT molecular complexity index is 1330. The molecule has 27 nitrogen and oxygen atoms in total. The maximum absolute atomic E-state index is 12.9. The quantitative estimate of drug-likeness (QED) is 0.0475. The van der Waals surface area contributed by atoms with Crippen LogP contribution >= 0.6 is 0 Å². The second-order valence-corrected chi connectivity index (χ2v) is 16.5. The third kappa shape index (κ3) is 64.3. The largest absolute Gasteiger partial charge is 0.382 e. The van der Waals surface area contributed by atoms with Gasteiger partial charge in [-0.2, -0.15) is 0 Å². The molecule has 0 spiro atoms. The number of hydrogen-bond acceptors (Lipinski definition) is 24. The van der Waals surface area contributed by atoms with Crippen molar-refractivity contribution in [3.8, 4) is 12.3 Å². The molecule has 0 aliphatic rings. The van der Waals surface area contributed by atoms with Gasteiger partial charge in [-0.3, -0.25) is 14.4 Å². The summed E-state index contributed by atoms with van der Waals surface area (Å²) in [4.78, 5) is 39.5. The molecule has 0 heterocycles. The van der Waals surface area contributed by atoms with Crippen LogP contribution < -0.4 is 16.4 Å². The highest BCUT2D eigenvalue weighted by Crippen LogP contribution is 2.01. The molecule has 27 heteroatoms. The number of nitrogens with two attached hydrogens (primary N) is 1. The van der Waals surface area contributed by atoms with E-state index < -0.39 is 11.8 Å². The Kier molecular flexibility index (Phi) is 66.2. The van der Waals surface area contributed by atoms with Crippen molar-refractivity contribution in [2.45, 2.75) is 19.3 Å². The molecular formula is C53H102N4O23. The Hall–Kier alpha value is -2.87. The minimum absolute atomic E-state index is 0.175. The first-order chi connectivity index (χ1) is 39.5. The minimum atomic E-state index is -0.408. The minimum Gasteiger partial charge on any atom is -0.382 e. The molecule has 0 rings (SSSR count). The van der Waals surface area contributed by atoms with Gasteiger partial charge in [0.1, 0.15) is 19.7 Å². The molecule has 4 N–H and O–H groups in total. The van der Waals surface area contributed by atoms with Crippen molar-refractivity contribution in [2.24, 2.45) is 5.73 Å². The van der Waals surface area contributed by atoms with Crippen molar-refractivity contribution in [1.29, 1.82) is 0 Å². The second-order valence-electron chi connectivity index (χ2n) is 16.5. The maximum Gasteiger partial charge on any atom is 0.239 e. The van der Waals surface area contributed by atoms with Crippen LogP contribution in [0.2, 0.25) is 0 Å². The lowest BCUT2D eigenvalue weighted by molar-refractivity contribution is -0.139. The average Bonchev–Trinajstić information content (AvgIpc) is 3.45. The summed E-state index contributed by atoms with van der Waals surface area (Å²) in [5.74, 6) is 1.27. The second kappa shape index (κ2) is 68.6. The highest BCUT2D eigenvalue weighted by molar-refractivity contribution is 5.89. The van der Waals surface area contributed by atoms with Crippen molar-refractivity contribution in [3.63, 3.8) is 0 Å². The number of amides is 3. The van der Waals surface area contributed by atoms with Crippen molar-refractivity contribution in [2.75, 3.05) is 298 Å². The van der Waals surface area contributed by atoms with Crippen LogP contribution in [0.5, 0.6) is 0 Å². The first-order valence-corrected chi connectivity index (χ1v) is 28.0. The van der Waals surface area contributed by atoms with Crippen LogP contribution in [0.15, 0.2) is 0 Å². The van der Waals surface area contributed by atoms with Gasteiger partial charge in [0.2, 0.25) is 17.7 Å². The lowest BCUT2D eigenvalue weighted by Crippen LogP contribution is -2.46. The van der Waals surface area contributed by atoms with E-state index in [0.717, 1.165) is 0 Å². The van der Waals surface area contributed by atoms with Crippen LogP contribution in [0.3, 0.4) is 0 Å². The maximum atomic E-state index is 12.9. The number of methoxy groups -OCH3 is 1. The Balaban J connectivity index is 3.65. The van der Waals surface area contributed by atoms with E-state index in [2.05, 4.69) is 16.6 Å². The SMILES string of the molecule is C#CCOCCOCCOCCOCCOCCOCCOCCOCCNC(=O)CN(CC(=O)NCCOCCOCCOCCOCCOCCOCCOCCOCCOCCOCCOCCOC)C(=O)CCCCN. The highest BCUT2D eigenvalue weighted by atomic mass is 16.6. The highest BCUT2D eigenvalue weighted by Gasteiger charge is 2.20. The Morgan fingerprint density at radius 3 is 0.800 bits per heavy atom. The number of carbonyl (C=O) groups is 3. The van der Waals surface area contributed by atoms with Crippen LogP contribution in [-0.4, -0.2) is 320 Å². The van der Waals surface area contributed by atoms with E-state index in [9.17, 15) is 14.4 Å². The zero-order valence-electron chi connectivity index (χ0n) is 48.2. The van der Waals surface area contributed by atoms with E-state index >= 15 is 0 Å². The van der Waals surface area contributed by atoms with Crippen molar-refractivity contribution >= 4 is 17.7 Å². The number of carbonyl (C=O) groups excluding carboxylic acids is 3. The van der Waals surface area contributed by atoms with Crippen LogP contribution in [0.1, 0.15) is 19.3 Å². The van der Waals surface area contributed by atoms with Gasteiger partial charge < -0.3 is 116 Å². The van der Waals surface area contributed by atoms with E-state index in [0.29, 0.717) is 257 Å². The summed E-state index contributed by atoms with van der Waals surface area (Å²) in [6.07, 6.45) is 6.48. The molecule has 0 aliphatic heterocycles. The lowest BCUT2D eigenvalue weighted by atomic mass is 10.2. The fraction of sp³-hybridized carbons (Fsp3) is 0.906. The third-order valence-corrected chi connectivity index (χ3v) is 9.94. The molecular weight excluding hydrogens is 1060 g/mol. The summed E-state index contributed by atoms with van der Waals surface area (Å²) in [5.41, 5.74) is 5.58. The molecule has 0 fully saturated rings. The van der Waals surface area contributed by atoms with Crippen LogP contribution in [0.25, 0.3) is 0 Å². The smallest absolute Gasteiger partial charge is 0.239 e. The first-order valence-electron chi connectivity index (χ1n) is 28.0. The van der Waals surface area contributed by atoms with Crippen molar-refractivity contribution in [3.05, 3.63) is 0 Å². The number of unbranched alkanes of at least 4 members (excludes halogenated alkanes) is 1. The summed E-state index contributed by atoms with van der Waals surface area (Å²) >= 11 is 0. The van der Waals surface area contributed by atoms with E-state index in [4.69, 9.17) is 107 Å². The average molecular weight is 1160 g/mol.